The molecular weight excluding hydrogens is 446 g/mol. The van der Waals surface area contributed by atoms with Crippen molar-refractivity contribution in [1.29, 1.82) is 0 Å². The van der Waals surface area contributed by atoms with Crippen LogP contribution in [-0.4, -0.2) is 73.0 Å². The van der Waals surface area contributed by atoms with Crippen molar-refractivity contribution in [3.63, 3.8) is 0 Å². The van der Waals surface area contributed by atoms with Crippen molar-refractivity contribution < 1.29 is 36.2 Å². The third kappa shape index (κ3) is 7.87. The zero-order valence-corrected chi connectivity index (χ0v) is 18.8. The van der Waals surface area contributed by atoms with Crippen molar-refractivity contribution in [2.75, 3.05) is 29.5 Å². The standard InChI is InChI=1S/C20H27NO8S2/c1-14-6-3-4-7-18(14)19-8-5-9-20(15(19)2)21(10-16(22)12-30(24,25)26)11-17(23)13-31(27,28)29/h3-9,16-17,22-23H,10-13H2,1-2H3,(H,24,25,26)(H,27,28,29). The van der Waals surface area contributed by atoms with E-state index in [1.807, 2.05) is 44.2 Å². The van der Waals surface area contributed by atoms with Crippen LogP contribution in [0.4, 0.5) is 5.69 Å². The van der Waals surface area contributed by atoms with Crippen LogP contribution in [0.1, 0.15) is 11.1 Å². The Kier molecular flexibility index (Phi) is 8.20. The monoisotopic (exact) mass is 473 g/mol. The summed E-state index contributed by atoms with van der Waals surface area (Å²) in [5.41, 5.74) is 4.14. The fourth-order valence-electron chi connectivity index (χ4n) is 3.50. The molecule has 9 nitrogen and oxygen atoms in total. The van der Waals surface area contributed by atoms with Crippen LogP contribution >= 0.6 is 0 Å². The predicted molar refractivity (Wildman–Crippen MR) is 118 cm³/mol. The zero-order chi connectivity index (χ0) is 23.4. The van der Waals surface area contributed by atoms with Crippen LogP contribution in [0.5, 0.6) is 0 Å². The third-order valence-electron chi connectivity index (χ3n) is 4.75. The smallest absolute Gasteiger partial charge is 0.267 e. The predicted octanol–water partition coefficient (Wildman–Crippen LogP) is 1.27. The van der Waals surface area contributed by atoms with E-state index in [-0.39, 0.29) is 13.1 Å². The molecule has 11 heteroatoms. The first-order valence-corrected chi connectivity index (χ1v) is 12.7. The van der Waals surface area contributed by atoms with E-state index < -0.39 is 43.9 Å². The first-order valence-electron chi connectivity index (χ1n) is 9.44. The molecule has 0 aliphatic carbocycles. The van der Waals surface area contributed by atoms with Crippen molar-refractivity contribution in [3.8, 4) is 11.1 Å². The molecule has 2 rings (SSSR count). The van der Waals surface area contributed by atoms with Crippen molar-refractivity contribution in [2.45, 2.75) is 26.1 Å². The van der Waals surface area contributed by atoms with E-state index in [2.05, 4.69) is 0 Å². The Hall–Kier alpha value is -2.02. The van der Waals surface area contributed by atoms with Gasteiger partial charge in [0, 0.05) is 18.8 Å². The molecule has 0 saturated carbocycles. The lowest BCUT2D eigenvalue weighted by Crippen LogP contribution is -2.42. The Labute approximate surface area is 182 Å². The van der Waals surface area contributed by atoms with E-state index >= 15 is 0 Å². The number of nitrogens with zero attached hydrogens (tertiary/aromatic N) is 1. The van der Waals surface area contributed by atoms with Gasteiger partial charge in [-0.25, -0.2) is 0 Å². The van der Waals surface area contributed by atoms with E-state index in [0.717, 1.165) is 22.3 Å². The average Bonchev–Trinajstić information content (AvgIpc) is 2.59. The van der Waals surface area contributed by atoms with Gasteiger partial charge in [-0.3, -0.25) is 9.11 Å². The molecule has 0 heterocycles. The largest absolute Gasteiger partial charge is 0.390 e. The van der Waals surface area contributed by atoms with E-state index in [1.54, 1.807) is 12.1 Å². The minimum Gasteiger partial charge on any atom is -0.390 e. The molecule has 2 aromatic rings. The maximum Gasteiger partial charge on any atom is 0.267 e. The molecular formula is C20H27NO8S2. The number of rotatable bonds is 10. The van der Waals surface area contributed by atoms with E-state index in [1.165, 1.54) is 4.90 Å². The van der Waals surface area contributed by atoms with Gasteiger partial charge in [0.1, 0.15) is 11.5 Å². The second-order valence-electron chi connectivity index (χ2n) is 7.47. The molecule has 172 valence electrons. The molecule has 4 N–H and O–H groups in total. The topological polar surface area (TPSA) is 152 Å². The van der Waals surface area contributed by atoms with Gasteiger partial charge in [-0.05, 0) is 42.2 Å². The van der Waals surface area contributed by atoms with Crippen LogP contribution in [0.3, 0.4) is 0 Å². The van der Waals surface area contributed by atoms with Crippen LogP contribution in [0.15, 0.2) is 42.5 Å². The normalized spacial score (nSPS) is 14.3. The lowest BCUT2D eigenvalue weighted by atomic mass is 9.95. The van der Waals surface area contributed by atoms with Gasteiger partial charge < -0.3 is 15.1 Å². The molecule has 31 heavy (non-hydrogen) atoms. The summed E-state index contributed by atoms with van der Waals surface area (Å²) in [5.74, 6) is -1.84. The van der Waals surface area contributed by atoms with Crippen LogP contribution in [0.25, 0.3) is 11.1 Å². The second kappa shape index (κ2) is 10.1. The Morgan fingerprint density at radius 3 is 1.74 bits per heavy atom. The Balaban J connectivity index is 2.45. The summed E-state index contributed by atoms with van der Waals surface area (Å²) in [6.07, 6.45) is -3.01. The van der Waals surface area contributed by atoms with Gasteiger partial charge in [-0.15, -0.1) is 0 Å². The van der Waals surface area contributed by atoms with Crippen molar-refractivity contribution in [1.82, 2.24) is 0 Å². The summed E-state index contributed by atoms with van der Waals surface area (Å²) in [7, 11) is -8.90. The number of hydrogen-bond donors (Lipinski definition) is 4. The lowest BCUT2D eigenvalue weighted by molar-refractivity contribution is 0.178. The quantitative estimate of drug-likeness (QED) is 0.374. The Morgan fingerprint density at radius 1 is 0.774 bits per heavy atom. The fourth-order valence-corrected chi connectivity index (χ4v) is 4.69. The van der Waals surface area contributed by atoms with Gasteiger partial charge in [-0.1, -0.05) is 36.4 Å². The van der Waals surface area contributed by atoms with E-state index in [0.29, 0.717) is 5.69 Å². The number of benzene rings is 2. The third-order valence-corrected chi connectivity index (χ3v) is 6.36. The summed E-state index contributed by atoms with van der Waals surface area (Å²) in [4.78, 5) is 1.43. The summed E-state index contributed by atoms with van der Waals surface area (Å²) in [5, 5.41) is 20.3. The summed E-state index contributed by atoms with van der Waals surface area (Å²) in [6, 6.07) is 13.0. The number of aliphatic hydroxyl groups excluding tert-OH is 2. The Morgan fingerprint density at radius 2 is 1.26 bits per heavy atom. The summed E-state index contributed by atoms with van der Waals surface area (Å²) < 4.78 is 62.5. The SMILES string of the molecule is Cc1ccccc1-c1cccc(N(CC(O)CS(=O)(=O)O)CC(O)CS(=O)(=O)O)c1C. The van der Waals surface area contributed by atoms with Crippen LogP contribution < -0.4 is 4.90 Å². The number of aryl methyl sites for hydroxylation is 1. The molecule has 0 saturated heterocycles. The molecule has 0 amide bonds. The van der Waals surface area contributed by atoms with Crippen LogP contribution in [0.2, 0.25) is 0 Å². The molecule has 0 bridgehead atoms. The maximum absolute atomic E-state index is 11.1. The van der Waals surface area contributed by atoms with E-state index in [9.17, 15) is 27.0 Å². The highest BCUT2D eigenvalue weighted by Gasteiger charge is 2.24. The number of aliphatic hydroxyl groups is 2. The highest BCUT2D eigenvalue weighted by Crippen LogP contribution is 2.32. The molecule has 2 atom stereocenters. The lowest BCUT2D eigenvalue weighted by Gasteiger charge is -2.31. The molecule has 2 aromatic carbocycles. The van der Waals surface area contributed by atoms with Gasteiger partial charge in [0.05, 0.1) is 12.2 Å². The van der Waals surface area contributed by atoms with Crippen molar-refractivity contribution >= 4 is 25.9 Å². The minimum absolute atomic E-state index is 0.305. The highest BCUT2D eigenvalue weighted by atomic mass is 32.2. The molecule has 0 radical (unpaired) electrons. The van der Waals surface area contributed by atoms with Gasteiger partial charge in [0.2, 0.25) is 0 Å². The summed E-state index contributed by atoms with van der Waals surface area (Å²) in [6.45, 7) is 3.15. The second-order valence-corrected chi connectivity index (χ2v) is 10.5. The van der Waals surface area contributed by atoms with Crippen molar-refractivity contribution in [3.05, 3.63) is 53.6 Å². The molecule has 0 aliphatic rings. The first-order chi connectivity index (χ1) is 14.3. The van der Waals surface area contributed by atoms with Gasteiger partial charge in [0.25, 0.3) is 20.2 Å². The van der Waals surface area contributed by atoms with Gasteiger partial charge in [-0.2, -0.15) is 16.8 Å². The number of hydrogen-bond acceptors (Lipinski definition) is 7. The van der Waals surface area contributed by atoms with Crippen molar-refractivity contribution in [2.24, 2.45) is 0 Å². The minimum atomic E-state index is -4.45. The Bertz CT molecular complexity index is 1070. The fraction of sp³-hybridized carbons (Fsp3) is 0.400. The average molecular weight is 474 g/mol. The zero-order valence-electron chi connectivity index (χ0n) is 17.2. The van der Waals surface area contributed by atoms with Crippen LogP contribution in [0, 0.1) is 13.8 Å². The molecule has 0 aromatic heterocycles. The number of anilines is 1. The van der Waals surface area contributed by atoms with E-state index in [4.69, 9.17) is 9.11 Å². The maximum atomic E-state index is 11.1. The molecule has 0 aliphatic heterocycles. The molecule has 2 unspecified atom stereocenters. The van der Waals surface area contributed by atoms with Gasteiger partial charge in [0.15, 0.2) is 0 Å². The molecule has 0 fully saturated rings. The first kappa shape index (κ1) is 25.2. The van der Waals surface area contributed by atoms with Gasteiger partial charge >= 0.3 is 0 Å². The molecule has 0 spiro atoms. The summed E-state index contributed by atoms with van der Waals surface area (Å²) >= 11 is 0. The highest BCUT2D eigenvalue weighted by molar-refractivity contribution is 7.86. The van der Waals surface area contributed by atoms with Crippen LogP contribution in [-0.2, 0) is 20.2 Å².